The summed E-state index contributed by atoms with van der Waals surface area (Å²) in [5.74, 6) is -1.52. The van der Waals surface area contributed by atoms with Crippen LogP contribution in [0, 0.1) is 0 Å². The van der Waals surface area contributed by atoms with Crippen LogP contribution in [0.5, 0.6) is 0 Å². The number of sulfonamides is 1. The lowest BCUT2D eigenvalue weighted by atomic mass is 10.1. The Bertz CT molecular complexity index is 1290. The number of benzene rings is 2. The predicted octanol–water partition coefficient (Wildman–Crippen LogP) is 0.824. The zero-order valence-corrected chi connectivity index (χ0v) is 20.1. The average Bonchev–Trinajstić information content (AvgIpc) is 2.88. The number of nitrogens with one attached hydrogen (secondary N) is 3. The van der Waals surface area contributed by atoms with E-state index in [0.29, 0.717) is 13.0 Å². The number of hydrogen-bond acceptors (Lipinski definition) is 7. The van der Waals surface area contributed by atoms with Gasteiger partial charge in [0.1, 0.15) is 5.69 Å². The fraction of sp³-hybridized carbons (Fsp3) is 0.200. The number of aromatic nitrogens is 1. The fourth-order valence-corrected chi connectivity index (χ4v) is 4.16. The van der Waals surface area contributed by atoms with Crippen molar-refractivity contribution in [3.63, 3.8) is 0 Å². The van der Waals surface area contributed by atoms with Crippen molar-refractivity contribution in [1.29, 1.82) is 0 Å². The number of hydrogen-bond donors (Lipinski definition) is 4. The fourth-order valence-electron chi connectivity index (χ4n) is 3.19. The topological polar surface area (TPSA) is 155 Å². The van der Waals surface area contributed by atoms with Crippen LogP contribution in [0.2, 0.25) is 0 Å². The molecule has 0 atom stereocenters. The molecule has 0 aliphatic carbocycles. The summed E-state index contributed by atoms with van der Waals surface area (Å²) in [6.07, 6.45) is 1.89. The normalized spacial score (nSPS) is 10.9. The van der Waals surface area contributed by atoms with Gasteiger partial charge in [0.2, 0.25) is 5.91 Å². The van der Waals surface area contributed by atoms with E-state index in [1.54, 1.807) is 12.1 Å². The molecule has 11 heteroatoms. The maximum atomic E-state index is 12.6. The van der Waals surface area contributed by atoms with Crippen molar-refractivity contribution in [2.24, 2.45) is 0 Å². The highest BCUT2D eigenvalue weighted by molar-refractivity contribution is 7.90. The molecule has 0 spiro atoms. The molecule has 0 aliphatic rings. The van der Waals surface area contributed by atoms with E-state index in [1.807, 2.05) is 35.1 Å². The van der Waals surface area contributed by atoms with E-state index < -0.39 is 21.8 Å². The highest BCUT2D eigenvalue weighted by Crippen LogP contribution is 2.12. The predicted molar refractivity (Wildman–Crippen MR) is 132 cm³/mol. The van der Waals surface area contributed by atoms with Gasteiger partial charge in [-0.3, -0.25) is 19.4 Å². The number of aliphatic hydroxyl groups excluding tert-OH is 1. The molecule has 0 unspecified atom stereocenters. The van der Waals surface area contributed by atoms with Gasteiger partial charge in [-0.15, -0.1) is 0 Å². The first-order valence-corrected chi connectivity index (χ1v) is 12.6. The number of carbonyl (C=O) groups is 3. The Morgan fingerprint density at radius 1 is 0.806 bits per heavy atom. The summed E-state index contributed by atoms with van der Waals surface area (Å²) in [5, 5.41) is 14.0. The van der Waals surface area contributed by atoms with Crippen molar-refractivity contribution in [2.75, 3.05) is 19.7 Å². The van der Waals surface area contributed by atoms with E-state index in [1.165, 1.54) is 24.3 Å². The summed E-state index contributed by atoms with van der Waals surface area (Å²) in [6.45, 7) is 0.231. The van der Waals surface area contributed by atoms with Crippen LogP contribution in [0.4, 0.5) is 0 Å². The summed E-state index contributed by atoms with van der Waals surface area (Å²) >= 11 is 0. The number of amides is 3. The molecule has 0 saturated carbocycles. The lowest BCUT2D eigenvalue weighted by molar-refractivity contribution is -0.120. The SMILES string of the molecule is O=C(Cc1ccccc1)NCCc1ccc(S(=O)(=O)NC(=O)c2ccc(C(=O)NCCO)nc2)cc1. The highest BCUT2D eigenvalue weighted by Gasteiger charge is 2.19. The van der Waals surface area contributed by atoms with Crippen LogP contribution in [0.25, 0.3) is 0 Å². The zero-order valence-electron chi connectivity index (χ0n) is 19.3. The Morgan fingerprint density at radius 2 is 1.53 bits per heavy atom. The molecule has 0 aliphatic heterocycles. The lowest BCUT2D eigenvalue weighted by Gasteiger charge is -2.09. The minimum atomic E-state index is -4.14. The second kappa shape index (κ2) is 12.6. The maximum Gasteiger partial charge on any atom is 0.269 e. The average molecular weight is 511 g/mol. The molecule has 36 heavy (non-hydrogen) atoms. The van der Waals surface area contributed by atoms with Crippen molar-refractivity contribution in [2.45, 2.75) is 17.7 Å². The Morgan fingerprint density at radius 3 is 2.17 bits per heavy atom. The molecule has 2 aromatic carbocycles. The van der Waals surface area contributed by atoms with Crippen LogP contribution in [0.15, 0.2) is 77.8 Å². The summed E-state index contributed by atoms with van der Waals surface area (Å²) in [5.41, 5.74) is 1.72. The third kappa shape index (κ3) is 7.72. The third-order valence-corrected chi connectivity index (χ3v) is 6.41. The first-order chi connectivity index (χ1) is 17.3. The number of rotatable bonds is 11. The molecule has 0 fully saturated rings. The van der Waals surface area contributed by atoms with Gasteiger partial charge >= 0.3 is 0 Å². The minimum Gasteiger partial charge on any atom is -0.395 e. The molecule has 3 aromatic rings. The Kier molecular flexibility index (Phi) is 9.25. The van der Waals surface area contributed by atoms with E-state index in [2.05, 4.69) is 15.6 Å². The first-order valence-electron chi connectivity index (χ1n) is 11.1. The van der Waals surface area contributed by atoms with Gasteiger partial charge in [-0.25, -0.2) is 13.1 Å². The molecule has 1 aromatic heterocycles. The Hall–Kier alpha value is -4.09. The smallest absolute Gasteiger partial charge is 0.269 e. The van der Waals surface area contributed by atoms with Crippen LogP contribution in [-0.4, -0.2) is 55.9 Å². The quantitative estimate of drug-likeness (QED) is 0.298. The van der Waals surface area contributed by atoms with E-state index >= 15 is 0 Å². The molecule has 3 amide bonds. The summed E-state index contributed by atoms with van der Waals surface area (Å²) in [4.78, 5) is 40.0. The third-order valence-electron chi connectivity index (χ3n) is 5.06. The molecule has 0 saturated heterocycles. The summed E-state index contributed by atoms with van der Waals surface area (Å²) in [6, 6.07) is 17.9. The minimum absolute atomic E-state index is 0.0229. The van der Waals surface area contributed by atoms with E-state index in [-0.39, 0.29) is 41.6 Å². The molecule has 3 rings (SSSR count). The second-order valence-corrected chi connectivity index (χ2v) is 9.43. The molecule has 10 nitrogen and oxygen atoms in total. The first kappa shape index (κ1) is 26.5. The van der Waals surface area contributed by atoms with Gasteiger partial charge in [-0.05, 0) is 41.8 Å². The van der Waals surface area contributed by atoms with Crippen molar-refractivity contribution in [1.82, 2.24) is 20.3 Å². The molecular weight excluding hydrogens is 484 g/mol. The van der Waals surface area contributed by atoms with Gasteiger partial charge in [0, 0.05) is 19.3 Å². The van der Waals surface area contributed by atoms with Crippen molar-refractivity contribution >= 4 is 27.7 Å². The summed E-state index contributed by atoms with van der Waals surface area (Å²) in [7, 11) is -4.14. The van der Waals surface area contributed by atoms with Gasteiger partial charge < -0.3 is 15.7 Å². The lowest BCUT2D eigenvalue weighted by Crippen LogP contribution is -2.31. The van der Waals surface area contributed by atoms with Gasteiger partial charge in [-0.2, -0.15) is 0 Å². The monoisotopic (exact) mass is 510 g/mol. The van der Waals surface area contributed by atoms with E-state index in [0.717, 1.165) is 17.3 Å². The van der Waals surface area contributed by atoms with Crippen LogP contribution in [0.3, 0.4) is 0 Å². The van der Waals surface area contributed by atoms with Crippen LogP contribution in [-0.2, 0) is 27.7 Å². The van der Waals surface area contributed by atoms with Crippen LogP contribution >= 0.6 is 0 Å². The molecule has 0 bridgehead atoms. The standard InChI is InChI=1S/C25H26N4O6S/c30-15-14-27-25(33)22-11-8-20(17-28-22)24(32)29-36(34,35)21-9-6-18(7-10-21)12-13-26-23(31)16-19-4-2-1-3-5-19/h1-11,17,30H,12-16H2,(H,26,31)(H,27,33)(H,29,32). The molecule has 4 N–H and O–H groups in total. The number of aliphatic hydroxyl groups is 1. The number of nitrogens with zero attached hydrogens (tertiary/aromatic N) is 1. The highest BCUT2D eigenvalue weighted by atomic mass is 32.2. The van der Waals surface area contributed by atoms with Crippen molar-refractivity contribution < 1.29 is 27.9 Å². The van der Waals surface area contributed by atoms with Crippen LogP contribution < -0.4 is 15.4 Å². The Labute approximate surface area is 208 Å². The number of carbonyl (C=O) groups excluding carboxylic acids is 3. The number of pyridine rings is 1. The van der Waals surface area contributed by atoms with Gasteiger partial charge in [0.15, 0.2) is 0 Å². The largest absolute Gasteiger partial charge is 0.395 e. The van der Waals surface area contributed by atoms with E-state index in [4.69, 9.17) is 5.11 Å². The van der Waals surface area contributed by atoms with Gasteiger partial charge in [-0.1, -0.05) is 42.5 Å². The second-order valence-electron chi connectivity index (χ2n) is 7.75. The van der Waals surface area contributed by atoms with Crippen LogP contribution in [0.1, 0.15) is 32.0 Å². The van der Waals surface area contributed by atoms with E-state index in [9.17, 15) is 22.8 Å². The van der Waals surface area contributed by atoms with Gasteiger partial charge in [0.05, 0.1) is 23.5 Å². The maximum absolute atomic E-state index is 12.6. The zero-order chi connectivity index (χ0) is 26.0. The van der Waals surface area contributed by atoms with Crippen molar-refractivity contribution in [3.05, 3.63) is 95.3 Å². The van der Waals surface area contributed by atoms with Gasteiger partial charge in [0.25, 0.3) is 21.8 Å². The van der Waals surface area contributed by atoms with Crippen molar-refractivity contribution in [3.8, 4) is 0 Å². The molecule has 0 radical (unpaired) electrons. The molecule has 1 heterocycles. The molecule has 188 valence electrons. The Balaban J connectivity index is 1.51. The molecular formula is C25H26N4O6S. The summed E-state index contributed by atoms with van der Waals surface area (Å²) < 4.78 is 27.2.